The lowest BCUT2D eigenvalue weighted by atomic mass is 9.91. The Morgan fingerprint density at radius 1 is 1.29 bits per heavy atom. The van der Waals surface area contributed by atoms with E-state index in [2.05, 4.69) is 29.6 Å². The second-order valence-corrected chi connectivity index (χ2v) is 7.77. The number of aryl methyl sites for hydroxylation is 2. The molecule has 0 radical (unpaired) electrons. The van der Waals surface area contributed by atoms with Crippen molar-refractivity contribution in [2.24, 2.45) is 5.92 Å². The SMILES string of the molecule is CCCNC(CC1CCOCC1)c1cc2c(s1)CCCC2. The summed E-state index contributed by atoms with van der Waals surface area (Å²) in [4.78, 5) is 3.27. The predicted molar refractivity (Wildman–Crippen MR) is 90.2 cm³/mol. The molecule has 1 fully saturated rings. The van der Waals surface area contributed by atoms with Gasteiger partial charge in [-0.3, -0.25) is 0 Å². The highest BCUT2D eigenvalue weighted by molar-refractivity contribution is 7.12. The standard InChI is InChI=1S/C18H29NOS/c1-2-9-19-16(12-14-7-10-20-11-8-14)18-13-15-5-3-4-6-17(15)21-18/h13-14,16,19H,2-12H2,1H3. The fraction of sp³-hybridized carbons (Fsp3) is 0.778. The Kier molecular flexibility index (Phi) is 5.73. The van der Waals surface area contributed by atoms with Crippen molar-refractivity contribution in [1.82, 2.24) is 5.32 Å². The smallest absolute Gasteiger partial charge is 0.0468 e. The van der Waals surface area contributed by atoms with Gasteiger partial charge in [0.1, 0.15) is 0 Å². The van der Waals surface area contributed by atoms with Gasteiger partial charge < -0.3 is 10.1 Å². The van der Waals surface area contributed by atoms with E-state index in [4.69, 9.17) is 4.74 Å². The normalized spacial score (nSPS) is 21.2. The summed E-state index contributed by atoms with van der Waals surface area (Å²) in [6, 6.07) is 3.09. The number of thiophene rings is 1. The van der Waals surface area contributed by atoms with Crippen LogP contribution in [0.2, 0.25) is 0 Å². The Hall–Kier alpha value is -0.380. The minimum atomic E-state index is 0.573. The van der Waals surface area contributed by atoms with Gasteiger partial charge in [0.2, 0.25) is 0 Å². The average molecular weight is 308 g/mol. The first-order chi connectivity index (χ1) is 10.4. The van der Waals surface area contributed by atoms with Crippen LogP contribution in [0.15, 0.2) is 6.07 Å². The van der Waals surface area contributed by atoms with Crippen LogP contribution in [-0.4, -0.2) is 19.8 Å². The highest BCUT2D eigenvalue weighted by Gasteiger charge is 2.23. The molecule has 1 aromatic rings. The summed E-state index contributed by atoms with van der Waals surface area (Å²) in [7, 11) is 0. The maximum Gasteiger partial charge on any atom is 0.0468 e. The molecule has 2 heterocycles. The number of ether oxygens (including phenoxy) is 1. The molecule has 0 aromatic carbocycles. The van der Waals surface area contributed by atoms with Crippen molar-refractivity contribution >= 4 is 11.3 Å². The fourth-order valence-electron chi connectivity index (χ4n) is 3.62. The largest absolute Gasteiger partial charge is 0.381 e. The summed E-state index contributed by atoms with van der Waals surface area (Å²) in [6.07, 6.45) is 10.4. The molecule has 0 amide bonds. The summed E-state index contributed by atoms with van der Waals surface area (Å²) >= 11 is 2.09. The summed E-state index contributed by atoms with van der Waals surface area (Å²) in [5.41, 5.74) is 1.65. The van der Waals surface area contributed by atoms with E-state index < -0.39 is 0 Å². The lowest BCUT2D eigenvalue weighted by molar-refractivity contribution is 0.0606. The fourth-order valence-corrected chi connectivity index (χ4v) is 4.97. The first-order valence-corrected chi connectivity index (χ1v) is 9.61. The highest BCUT2D eigenvalue weighted by atomic mass is 32.1. The second kappa shape index (κ2) is 7.75. The zero-order valence-electron chi connectivity index (χ0n) is 13.3. The highest BCUT2D eigenvalue weighted by Crippen LogP contribution is 2.36. The zero-order chi connectivity index (χ0) is 14.5. The van der Waals surface area contributed by atoms with Crippen molar-refractivity contribution < 1.29 is 4.74 Å². The molecule has 1 aromatic heterocycles. The molecular weight excluding hydrogens is 278 g/mol. The van der Waals surface area contributed by atoms with Gasteiger partial charge in [-0.25, -0.2) is 0 Å². The van der Waals surface area contributed by atoms with Crippen molar-refractivity contribution in [1.29, 1.82) is 0 Å². The van der Waals surface area contributed by atoms with E-state index in [1.54, 1.807) is 15.3 Å². The van der Waals surface area contributed by atoms with Crippen molar-refractivity contribution in [2.45, 2.75) is 64.3 Å². The Bertz CT molecular complexity index is 413. The molecule has 0 saturated carbocycles. The summed E-state index contributed by atoms with van der Waals surface area (Å²) in [6.45, 7) is 5.33. The molecule has 1 aliphatic carbocycles. The van der Waals surface area contributed by atoms with Gasteiger partial charge in [0.15, 0.2) is 0 Å². The van der Waals surface area contributed by atoms with Crippen LogP contribution in [0.25, 0.3) is 0 Å². The van der Waals surface area contributed by atoms with E-state index in [0.717, 1.165) is 25.7 Å². The maximum absolute atomic E-state index is 5.52. The van der Waals surface area contributed by atoms with Crippen LogP contribution >= 0.6 is 11.3 Å². The molecular formula is C18H29NOS. The summed E-state index contributed by atoms with van der Waals surface area (Å²) in [5, 5.41) is 3.81. The van der Waals surface area contributed by atoms with Gasteiger partial charge in [-0.05, 0) is 75.5 Å². The van der Waals surface area contributed by atoms with Crippen LogP contribution in [0.5, 0.6) is 0 Å². The van der Waals surface area contributed by atoms with E-state index in [1.807, 2.05) is 0 Å². The van der Waals surface area contributed by atoms with Gasteiger partial charge in [-0.1, -0.05) is 6.92 Å². The molecule has 21 heavy (non-hydrogen) atoms. The van der Waals surface area contributed by atoms with Gasteiger partial charge >= 0.3 is 0 Å². The molecule has 3 rings (SSSR count). The van der Waals surface area contributed by atoms with E-state index in [9.17, 15) is 0 Å². The van der Waals surface area contributed by atoms with Gasteiger partial charge in [0.05, 0.1) is 0 Å². The molecule has 1 N–H and O–H groups in total. The average Bonchev–Trinajstić information content (AvgIpc) is 2.96. The number of hydrogen-bond donors (Lipinski definition) is 1. The molecule has 1 aliphatic heterocycles. The van der Waals surface area contributed by atoms with E-state index in [1.165, 1.54) is 51.4 Å². The Morgan fingerprint density at radius 2 is 2.10 bits per heavy atom. The third-order valence-corrected chi connectivity index (χ3v) is 6.26. The summed E-state index contributed by atoms with van der Waals surface area (Å²) in [5.74, 6) is 0.840. The van der Waals surface area contributed by atoms with E-state index >= 15 is 0 Å². The molecule has 0 spiro atoms. The Labute approximate surface area is 133 Å². The minimum Gasteiger partial charge on any atom is -0.381 e. The van der Waals surface area contributed by atoms with Crippen molar-refractivity contribution in [2.75, 3.05) is 19.8 Å². The number of nitrogens with one attached hydrogen (secondary N) is 1. The second-order valence-electron chi connectivity index (χ2n) is 6.60. The van der Waals surface area contributed by atoms with Crippen LogP contribution in [0.3, 0.4) is 0 Å². The molecule has 1 unspecified atom stereocenters. The molecule has 2 aliphatic rings. The maximum atomic E-state index is 5.52. The monoisotopic (exact) mass is 307 g/mol. The minimum absolute atomic E-state index is 0.573. The Balaban J connectivity index is 1.69. The third-order valence-electron chi connectivity index (χ3n) is 4.91. The van der Waals surface area contributed by atoms with Crippen molar-refractivity contribution in [3.63, 3.8) is 0 Å². The Morgan fingerprint density at radius 3 is 2.86 bits per heavy atom. The quantitative estimate of drug-likeness (QED) is 0.836. The molecule has 118 valence electrons. The van der Waals surface area contributed by atoms with Crippen LogP contribution in [0.4, 0.5) is 0 Å². The first-order valence-electron chi connectivity index (χ1n) is 8.79. The molecule has 0 bridgehead atoms. The lowest BCUT2D eigenvalue weighted by Crippen LogP contribution is -2.26. The van der Waals surface area contributed by atoms with Crippen molar-refractivity contribution in [3.8, 4) is 0 Å². The van der Waals surface area contributed by atoms with Gasteiger partial charge in [0, 0.05) is 29.0 Å². The molecule has 2 nitrogen and oxygen atoms in total. The molecule has 1 atom stereocenters. The van der Waals surface area contributed by atoms with Gasteiger partial charge in [-0.15, -0.1) is 11.3 Å². The molecule has 1 saturated heterocycles. The number of rotatable bonds is 6. The van der Waals surface area contributed by atoms with Crippen LogP contribution < -0.4 is 5.32 Å². The molecule has 3 heteroatoms. The third kappa shape index (κ3) is 4.08. The summed E-state index contributed by atoms with van der Waals surface area (Å²) < 4.78 is 5.52. The number of fused-ring (bicyclic) bond motifs is 1. The van der Waals surface area contributed by atoms with Crippen LogP contribution in [0.1, 0.15) is 66.8 Å². The number of hydrogen-bond acceptors (Lipinski definition) is 3. The van der Waals surface area contributed by atoms with Crippen LogP contribution in [0, 0.1) is 5.92 Å². The van der Waals surface area contributed by atoms with Crippen LogP contribution in [-0.2, 0) is 17.6 Å². The van der Waals surface area contributed by atoms with Gasteiger partial charge in [0.25, 0.3) is 0 Å². The predicted octanol–water partition coefficient (Wildman–Crippen LogP) is 4.48. The van der Waals surface area contributed by atoms with Gasteiger partial charge in [-0.2, -0.15) is 0 Å². The van der Waals surface area contributed by atoms with E-state index in [-0.39, 0.29) is 0 Å². The van der Waals surface area contributed by atoms with E-state index in [0.29, 0.717) is 6.04 Å². The first kappa shape index (κ1) is 15.5. The zero-order valence-corrected chi connectivity index (χ0v) is 14.1. The topological polar surface area (TPSA) is 21.3 Å². The van der Waals surface area contributed by atoms with Crippen molar-refractivity contribution in [3.05, 3.63) is 21.4 Å². The lowest BCUT2D eigenvalue weighted by Gasteiger charge is -2.27.